The fraction of sp³-hybridized carbons (Fsp3) is 0.250. The van der Waals surface area contributed by atoms with Crippen LogP contribution in [0.3, 0.4) is 0 Å². The number of allylic oxidation sites excluding steroid dienone is 5. The molecule has 0 saturated heterocycles. The molecule has 1 atom stereocenters. The Hall–Kier alpha value is -1.52. The van der Waals surface area contributed by atoms with Gasteiger partial charge in [-0.05, 0) is 17.5 Å². The lowest BCUT2D eigenvalue weighted by Gasteiger charge is -2.03. The van der Waals surface area contributed by atoms with Gasteiger partial charge in [-0.15, -0.1) is 0 Å². The number of hydrogen-bond acceptors (Lipinski definition) is 2. The van der Waals surface area contributed by atoms with E-state index in [1.165, 1.54) is 0 Å². The highest BCUT2D eigenvalue weighted by Gasteiger charge is 2.30. The first-order valence-corrected chi connectivity index (χ1v) is 5.49. The lowest BCUT2D eigenvalue weighted by molar-refractivity contribution is 0.603. The summed E-state index contributed by atoms with van der Waals surface area (Å²) in [6.45, 7) is 0. The van der Waals surface area contributed by atoms with Crippen LogP contribution in [0.1, 0.15) is 6.42 Å². The van der Waals surface area contributed by atoms with Gasteiger partial charge in [0.25, 0.3) is 10.0 Å². The SMILES string of the molecule is [N-]=[N+]=NS(=O)(=O)C1=CCC2C=CC=C12. The minimum atomic E-state index is -3.80. The van der Waals surface area contributed by atoms with Gasteiger partial charge in [-0.2, -0.15) is 0 Å². The molecule has 72 valence electrons. The second-order valence-electron chi connectivity index (χ2n) is 3.06. The van der Waals surface area contributed by atoms with E-state index in [0.29, 0.717) is 6.42 Å². The molecular weight excluding hydrogens is 202 g/mol. The van der Waals surface area contributed by atoms with Gasteiger partial charge >= 0.3 is 0 Å². The maximum absolute atomic E-state index is 11.4. The fourth-order valence-corrected chi connectivity index (χ4v) is 2.70. The van der Waals surface area contributed by atoms with Crippen molar-refractivity contribution in [2.75, 3.05) is 0 Å². The summed E-state index contributed by atoms with van der Waals surface area (Å²) < 4.78 is 25.7. The molecule has 0 aromatic heterocycles. The molecule has 5 nitrogen and oxygen atoms in total. The van der Waals surface area contributed by atoms with Crippen molar-refractivity contribution < 1.29 is 8.42 Å². The van der Waals surface area contributed by atoms with Crippen molar-refractivity contribution in [3.8, 4) is 0 Å². The van der Waals surface area contributed by atoms with E-state index >= 15 is 0 Å². The molecule has 0 radical (unpaired) electrons. The average Bonchev–Trinajstić information content (AvgIpc) is 2.60. The van der Waals surface area contributed by atoms with Crippen molar-refractivity contribution in [3.05, 3.63) is 45.2 Å². The van der Waals surface area contributed by atoms with Crippen LogP contribution in [0.25, 0.3) is 10.4 Å². The van der Waals surface area contributed by atoms with Crippen molar-refractivity contribution in [1.82, 2.24) is 0 Å². The quantitative estimate of drug-likeness (QED) is 0.396. The van der Waals surface area contributed by atoms with Crippen LogP contribution in [0, 0.1) is 5.92 Å². The molecule has 0 aliphatic heterocycles. The molecular formula is C8H7N3O2S. The van der Waals surface area contributed by atoms with Gasteiger partial charge in [0, 0.05) is 15.3 Å². The Morgan fingerprint density at radius 3 is 3.07 bits per heavy atom. The Bertz CT molecular complexity index is 507. The second-order valence-corrected chi connectivity index (χ2v) is 4.62. The molecule has 0 amide bonds. The molecule has 1 unspecified atom stereocenters. The molecule has 0 saturated carbocycles. The molecule has 0 N–H and O–H groups in total. The predicted molar refractivity (Wildman–Crippen MR) is 51.5 cm³/mol. The minimum absolute atomic E-state index is 0.147. The number of azide groups is 1. The number of nitrogens with zero attached hydrogens (tertiary/aromatic N) is 3. The van der Waals surface area contributed by atoms with E-state index < -0.39 is 10.0 Å². The molecule has 14 heavy (non-hydrogen) atoms. The predicted octanol–water partition coefficient (Wildman–Crippen LogP) is 2.03. The van der Waals surface area contributed by atoms with Crippen molar-refractivity contribution >= 4 is 10.0 Å². The van der Waals surface area contributed by atoms with Gasteiger partial charge < -0.3 is 0 Å². The summed E-state index contributed by atoms with van der Waals surface area (Å²) >= 11 is 0. The first kappa shape index (κ1) is 9.05. The first-order valence-electron chi connectivity index (χ1n) is 4.05. The van der Waals surface area contributed by atoms with Gasteiger partial charge in [0.15, 0.2) is 0 Å². The minimum Gasteiger partial charge on any atom is -0.216 e. The topological polar surface area (TPSA) is 82.9 Å². The molecule has 2 aliphatic rings. The Morgan fingerprint density at radius 1 is 1.57 bits per heavy atom. The Morgan fingerprint density at radius 2 is 2.36 bits per heavy atom. The van der Waals surface area contributed by atoms with Crippen LogP contribution < -0.4 is 0 Å². The summed E-state index contributed by atoms with van der Waals surface area (Å²) in [7, 11) is -3.80. The maximum Gasteiger partial charge on any atom is 0.264 e. The lowest BCUT2D eigenvalue weighted by Crippen LogP contribution is -2.01. The third kappa shape index (κ3) is 1.25. The van der Waals surface area contributed by atoms with Crippen LogP contribution >= 0.6 is 0 Å². The number of sulfonamides is 1. The molecule has 0 bridgehead atoms. The van der Waals surface area contributed by atoms with Gasteiger partial charge in [-0.3, -0.25) is 0 Å². The zero-order valence-corrected chi connectivity index (χ0v) is 7.98. The van der Waals surface area contributed by atoms with E-state index in [9.17, 15) is 8.42 Å². The van der Waals surface area contributed by atoms with Crippen LogP contribution in [0.15, 0.2) is 39.3 Å². The van der Waals surface area contributed by atoms with E-state index in [1.807, 2.05) is 12.2 Å². The van der Waals surface area contributed by atoms with E-state index in [1.54, 1.807) is 12.2 Å². The molecule has 0 aromatic carbocycles. The summed E-state index contributed by atoms with van der Waals surface area (Å²) in [4.78, 5) is 2.47. The van der Waals surface area contributed by atoms with Crippen LogP contribution in [-0.2, 0) is 10.0 Å². The van der Waals surface area contributed by atoms with Crippen LogP contribution in [0.4, 0.5) is 0 Å². The zero-order valence-electron chi connectivity index (χ0n) is 7.16. The van der Waals surface area contributed by atoms with Crippen LogP contribution in [0.2, 0.25) is 0 Å². The lowest BCUT2D eigenvalue weighted by atomic mass is 10.1. The molecule has 0 fully saturated rings. The van der Waals surface area contributed by atoms with Gasteiger partial charge in [0.05, 0.1) is 4.91 Å². The third-order valence-corrected chi connectivity index (χ3v) is 3.53. The summed E-state index contributed by atoms with van der Waals surface area (Å²) in [5.74, 6) is 0.147. The Labute approximate surface area is 81.1 Å². The van der Waals surface area contributed by atoms with Gasteiger partial charge in [-0.25, -0.2) is 8.42 Å². The van der Waals surface area contributed by atoms with Gasteiger partial charge in [0.2, 0.25) is 0 Å². The van der Waals surface area contributed by atoms with Crippen molar-refractivity contribution in [1.29, 1.82) is 0 Å². The van der Waals surface area contributed by atoms with E-state index in [4.69, 9.17) is 5.53 Å². The molecule has 2 aliphatic carbocycles. The van der Waals surface area contributed by atoms with Crippen molar-refractivity contribution in [2.24, 2.45) is 10.4 Å². The Kier molecular flexibility index (Phi) is 1.94. The normalized spacial score (nSPS) is 23.9. The van der Waals surface area contributed by atoms with E-state index in [2.05, 4.69) is 9.43 Å². The summed E-state index contributed by atoms with van der Waals surface area (Å²) in [6.07, 6.45) is 7.76. The standard InChI is InChI=1S/C8H7N3O2S/c9-10-11-14(12,13)8-5-4-6-2-1-3-7(6)8/h1-3,5-6H,4H2. The molecule has 6 heteroatoms. The summed E-state index contributed by atoms with van der Waals surface area (Å²) in [5.41, 5.74) is 8.85. The molecule has 0 heterocycles. The average molecular weight is 209 g/mol. The largest absolute Gasteiger partial charge is 0.264 e. The van der Waals surface area contributed by atoms with Gasteiger partial charge in [-0.1, -0.05) is 24.3 Å². The third-order valence-electron chi connectivity index (χ3n) is 2.28. The first-order chi connectivity index (χ1) is 6.65. The van der Waals surface area contributed by atoms with E-state index in [0.717, 1.165) is 5.57 Å². The number of hydrogen-bond donors (Lipinski definition) is 0. The highest BCUT2D eigenvalue weighted by Crippen LogP contribution is 2.38. The highest BCUT2D eigenvalue weighted by atomic mass is 32.2. The van der Waals surface area contributed by atoms with Crippen LogP contribution in [-0.4, -0.2) is 8.42 Å². The highest BCUT2D eigenvalue weighted by molar-refractivity contribution is 7.94. The molecule has 0 spiro atoms. The summed E-state index contributed by atoms with van der Waals surface area (Å²) in [6, 6.07) is 0. The Balaban J connectivity index is 2.44. The zero-order chi connectivity index (χ0) is 10.2. The molecule has 0 aromatic rings. The van der Waals surface area contributed by atoms with Crippen molar-refractivity contribution in [2.45, 2.75) is 6.42 Å². The fourth-order valence-electron chi connectivity index (χ4n) is 1.69. The maximum atomic E-state index is 11.4. The van der Waals surface area contributed by atoms with Crippen LogP contribution in [0.5, 0.6) is 0 Å². The number of rotatable bonds is 2. The number of fused-ring (bicyclic) bond motifs is 1. The van der Waals surface area contributed by atoms with Crippen molar-refractivity contribution in [3.63, 3.8) is 0 Å². The molecule has 2 rings (SSSR count). The van der Waals surface area contributed by atoms with E-state index in [-0.39, 0.29) is 10.8 Å². The van der Waals surface area contributed by atoms with Gasteiger partial charge in [0.1, 0.15) is 0 Å². The monoisotopic (exact) mass is 209 g/mol. The second kappa shape index (κ2) is 3.01. The summed E-state index contributed by atoms with van der Waals surface area (Å²) in [5, 5.41) is 0. The smallest absolute Gasteiger partial charge is 0.216 e.